The summed E-state index contributed by atoms with van der Waals surface area (Å²) in [5, 5.41) is 23.4. The van der Waals surface area contributed by atoms with E-state index in [0.717, 1.165) is 12.8 Å². The van der Waals surface area contributed by atoms with Crippen molar-refractivity contribution in [2.75, 3.05) is 7.11 Å². The first-order valence-corrected chi connectivity index (χ1v) is 9.39. The van der Waals surface area contributed by atoms with Gasteiger partial charge in [-0.2, -0.15) is 0 Å². The molecule has 2 fully saturated rings. The molecule has 0 aromatic carbocycles. The van der Waals surface area contributed by atoms with Gasteiger partial charge in [0.05, 0.1) is 17.8 Å². The maximum absolute atomic E-state index is 12.3. The van der Waals surface area contributed by atoms with Crippen LogP contribution in [0.25, 0.3) is 0 Å². The number of hydrogen-bond donors (Lipinski definition) is 2. The lowest BCUT2D eigenvalue weighted by atomic mass is 9.50. The van der Waals surface area contributed by atoms with Crippen LogP contribution in [-0.4, -0.2) is 35.1 Å². The van der Waals surface area contributed by atoms with Gasteiger partial charge in [0.2, 0.25) is 0 Å². The first kappa shape index (κ1) is 16.8. The summed E-state index contributed by atoms with van der Waals surface area (Å²) in [5.74, 6) is 0.938. The Bertz CT molecular complexity index is 635. The molecule has 24 heavy (non-hydrogen) atoms. The van der Waals surface area contributed by atoms with E-state index in [9.17, 15) is 10.2 Å². The molecule has 2 N–H and O–H groups in total. The van der Waals surface area contributed by atoms with Crippen LogP contribution >= 0.6 is 0 Å². The van der Waals surface area contributed by atoms with Gasteiger partial charge in [0.1, 0.15) is 0 Å². The summed E-state index contributed by atoms with van der Waals surface area (Å²) in [6, 6.07) is 0. The molecule has 0 radical (unpaired) electrons. The van der Waals surface area contributed by atoms with E-state index in [2.05, 4.69) is 46.8 Å². The summed E-state index contributed by atoms with van der Waals surface area (Å²) in [7, 11) is 1.79. The number of rotatable bonds is 1. The van der Waals surface area contributed by atoms with Crippen molar-refractivity contribution in [2.24, 2.45) is 34.0 Å². The predicted molar refractivity (Wildman–Crippen MR) is 94.3 cm³/mol. The van der Waals surface area contributed by atoms with Crippen molar-refractivity contribution in [3.8, 4) is 0 Å². The maximum atomic E-state index is 12.3. The Morgan fingerprint density at radius 1 is 1.17 bits per heavy atom. The topological polar surface area (TPSA) is 49.7 Å². The van der Waals surface area contributed by atoms with Crippen LogP contribution in [0.3, 0.4) is 0 Å². The summed E-state index contributed by atoms with van der Waals surface area (Å²) in [6.45, 7) is 10.9. The predicted octanol–water partition coefficient (Wildman–Crippen LogP) is 3.32. The SMILES string of the molecule is CO[C@@H]1[C@H]2C[C@]3(C)[C@@H](O)C=C4C(C)(C)C=C[C@@]4(C)[C@]3(O)[C@H]2C[C@H]1C. The van der Waals surface area contributed by atoms with Gasteiger partial charge in [-0.05, 0) is 43.1 Å². The smallest absolute Gasteiger partial charge is 0.0885 e. The molecule has 3 nitrogen and oxygen atoms in total. The van der Waals surface area contributed by atoms with Crippen molar-refractivity contribution in [2.45, 2.75) is 65.3 Å². The molecule has 0 spiro atoms. The molecule has 0 bridgehead atoms. The largest absolute Gasteiger partial charge is 0.388 e. The van der Waals surface area contributed by atoms with E-state index >= 15 is 0 Å². The third-order valence-corrected chi connectivity index (χ3v) is 8.32. The first-order valence-electron chi connectivity index (χ1n) is 9.39. The molecule has 4 aliphatic rings. The Balaban J connectivity index is 1.91. The number of fused-ring (bicyclic) bond motifs is 5. The summed E-state index contributed by atoms with van der Waals surface area (Å²) in [4.78, 5) is 0. The minimum absolute atomic E-state index is 0.115. The second kappa shape index (κ2) is 4.55. The molecule has 0 aromatic rings. The molecular formula is C21H32O3. The van der Waals surface area contributed by atoms with Gasteiger partial charge in [0, 0.05) is 23.4 Å². The highest BCUT2D eigenvalue weighted by Crippen LogP contribution is 2.73. The standard InChI is InChI=1S/C21H32O3/c1-12-9-14-13(17(12)24-6)11-20(5)16(22)10-15-18(2,3)7-8-19(15,4)21(14,20)23/h7-8,10,12-14,16-17,22-23H,9,11H2,1-6H3/t12-,13+,14+,16+,17+,19-,20-,21-/m1/s1. The Morgan fingerprint density at radius 2 is 1.83 bits per heavy atom. The lowest BCUT2D eigenvalue weighted by Gasteiger charge is -2.58. The van der Waals surface area contributed by atoms with Crippen molar-refractivity contribution in [3.05, 3.63) is 23.8 Å². The third kappa shape index (κ3) is 1.56. The molecule has 0 amide bonds. The zero-order chi connectivity index (χ0) is 17.7. The Kier molecular flexibility index (Phi) is 3.19. The lowest BCUT2D eigenvalue weighted by molar-refractivity contribution is -0.181. The Labute approximate surface area is 145 Å². The number of aliphatic hydroxyl groups is 2. The Morgan fingerprint density at radius 3 is 2.46 bits per heavy atom. The van der Waals surface area contributed by atoms with Crippen molar-refractivity contribution in [3.63, 3.8) is 0 Å². The summed E-state index contributed by atoms with van der Waals surface area (Å²) >= 11 is 0. The molecule has 4 aliphatic carbocycles. The van der Waals surface area contributed by atoms with Crippen LogP contribution in [0.1, 0.15) is 47.5 Å². The van der Waals surface area contributed by atoms with E-state index < -0.39 is 22.5 Å². The molecule has 2 saturated carbocycles. The van der Waals surface area contributed by atoms with Crippen LogP contribution in [0.4, 0.5) is 0 Å². The summed E-state index contributed by atoms with van der Waals surface area (Å²) in [6.07, 6.45) is 7.85. The molecule has 0 aliphatic heterocycles. The van der Waals surface area contributed by atoms with Gasteiger partial charge >= 0.3 is 0 Å². The van der Waals surface area contributed by atoms with Gasteiger partial charge in [-0.15, -0.1) is 0 Å². The lowest BCUT2D eigenvalue weighted by Crippen LogP contribution is -2.64. The average molecular weight is 332 g/mol. The van der Waals surface area contributed by atoms with Crippen molar-refractivity contribution >= 4 is 0 Å². The van der Waals surface area contributed by atoms with Gasteiger partial charge in [0.15, 0.2) is 0 Å². The molecule has 134 valence electrons. The van der Waals surface area contributed by atoms with Gasteiger partial charge in [-0.25, -0.2) is 0 Å². The molecule has 4 rings (SSSR count). The van der Waals surface area contributed by atoms with Crippen LogP contribution in [0, 0.1) is 34.0 Å². The van der Waals surface area contributed by atoms with Gasteiger partial charge in [-0.1, -0.05) is 45.9 Å². The minimum Gasteiger partial charge on any atom is -0.388 e. The maximum Gasteiger partial charge on any atom is 0.0885 e. The number of ether oxygens (including phenoxy) is 1. The molecule has 0 saturated heterocycles. The normalized spacial score (nSPS) is 57.5. The van der Waals surface area contributed by atoms with Crippen LogP contribution in [-0.2, 0) is 4.74 Å². The van der Waals surface area contributed by atoms with E-state index in [-0.39, 0.29) is 17.4 Å². The number of allylic oxidation sites excluding steroid dienone is 1. The quantitative estimate of drug-likeness (QED) is 0.724. The van der Waals surface area contributed by atoms with Crippen LogP contribution in [0.2, 0.25) is 0 Å². The third-order valence-electron chi connectivity index (χ3n) is 8.32. The fourth-order valence-electron chi connectivity index (χ4n) is 7.19. The van der Waals surface area contributed by atoms with Crippen molar-refractivity contribution in [1.29, 1.82) is 0 Å². The zero-order valence-corrected chi connectivity index (χ0v) is 15.8. The molecule has 0 unspecified atom stereocenters. The van der Waals surface area contributed by atoms with Crippen molar-refractivity contribution in [1.82, 2.24) is 0 Å². The van der Waals surface area contributed by atoms with E-state index in [0.29, 0.717) is 11.8 Å². The summed E-state index contributed by atoms with van der Waals surface area (Å²) < 4.78 is 5.83. The number of aliphatic hydroxyl groups excluding tert-OH is 1. The highest BCUT2D eigenvalue weighted by atomic mass is 16.5. The van der Waals surface area contributed by atoms with Gasteiger partial charge < -0.3 is 14.9 Å². The fraction of sp³-hybridized carbons (Fsp3) is 0.810. The number of hydrogen-bond acceptors (Lipinski definition) is 3. The second-order valence-corrected chi connectivity index (χ2v) is 9.85. The number of methoxy groups -OCH3 is 1. The minimum atomic E-state index is -0.931. The van der Waals surface area contributed by atoms with E-state index in [1.54, 1.807) is 7.11 Å². The zero-order valence-electron chi connectivity index (χ0n) is 15.8. The highest BCUT2D eigenvalue weighted by molar-refractivity contribution is 5.48. The second-order valence-electron chi connectivity index (χ2n) is 9.85. The van der Waals surface area contributed by atoms with Crippen LogP contribution in [0.15, 0.2) is 23.8 Å². The molecule has 0 heterocycles. The van der Waals surface area contributed by atoms with Gasteiger partial charge in [0.25, 0.3) is 0 Å². The van der Waals surface area contributed by atoms with E-state index in [1.807, 2.05) is 6.08 Å². The van der Waals surface area contributed by atoms with Crippen LogP contribution in [0.5, 0.6) is 0 Å². The van der Waals surface area contributed by atoms with Crippen LogP contribution < -0.4 is 0 Å². The molecule has 8 atom stereocenters. The highest BCUT2D eigenvalue weighted by Gasteiger charge is 2.75. The Hall–Kier alpha value is -0.640. The average Bonchev–Trinajstić information content (AvgIpc) is 3.02. The molecule has 3 heteroatoms. The van der Waals surface area contributed by atoms with E-state index in [4.69, 9.17) is 4.74 Å². The molecule has 0 aromatic heterocycles. The monoisotopic (exact) mass is 332 g/mol. The first-order chi connectivity index (χ1) is 11.0. The molecular weight excluding hydrogens is 300 g/mol. The van der Waals surface area contributed by atoms with E-state index in [1.165, 1.54) is 5.57 Å². The summed E-state index contributed by atoms with van der Waals surface area (Å²) in [5.41, 5.74) is -0.804. The van der Waals surface area contributed by atoms with Gasteiger partial charge in [-0.3, -0.25) is 0 Å². The van der Waals surface area contributed by atoms with Crippen molar-refractivity contribution < 1.29 is 14.9 Å². The fourth-order valence-corrected chi connectivity index (χ4v) is 7.19.